The van der Waals surface area contributed by atoms with Crippen molar-refractivity contribution in [1.82, 2.24) is 10.3 Å². The number of methoxy groups -OCH3 is 1. The zero-order chi connectivity index (χ0) is 17.2. The molecule has 0 aliphatic carbocycles. The number of carbonyl (C=O) groups is 1. The Morgan fingerprint density at radius 3 is 2.67 bits per heavy atom. The second-order valence-electron chi connectivity index (χ2n) is 6.36. The molecule has 0 bridgehead atoms. The maximum absolute atomic E-state index is 12.5. The van der Waals surface area contributed by atoms with E-state index in [4.69, 9.17) is 9.15 Å². The highest BCUT2D eigenvalue weighted by Gasteiger charge is 2.24. The molecule has 124 valence electrons. The van der Waals surface area contributed by atoms with E-state index >= 15 is 0 Å². The summed E-state index contributed by atoms with van der Waals surface area (Å²) in [5.74, 6) is 0.841. The Hall–Kier alpha value is -2.82. The molecule has 0 aliphatic heterocycles. The lowest BCUT2D eigenvalue weighted by atomic mass is 9.94. The second-order valence-corrected chi connectivity index (χ2v) is 6.36. The number of amides is 1. The number of ether oxygens (including phenoxy) is 1. The van der Waals surface area contributed by atoms with Gasteiger partial charge in [-0.15, -0.1) is 0 Å². The van der Waals surface area contributed by atoms with Crippen molar-refractivity contribution in [3.63, 3.8) is 0 Å². The van der Waals surface area contributed by atoms with Crippen LogP contribution in [0.1, 0.15) is 30.0 Å². The average Bonchev–Trinajstić information content (AvgIpc) is 2.99. The minimum absolute atomic E-state index is 0.244. The molecule has 0 saturated carbocycles. The fourth-order valence-corrected chi connectivity index (χ4v) is 2.65. The van der Waals surface area contributed by atoms with Crippen LogP contribution in [0.15, 0.2) is 53.1 Å². The summed E-state index contributed by atoms with van der Waals surface area (Å²) in [6.07, 6.45) is 2.37. The SMILES string of the molecule is COc1ccc(CC(C)(C)NC(=O)c2cc3ncccc3o2)cc1. The number of hydrogen-bond acceptors (Lipinski definition) is 4. The van der Waals surface area contributed by atoms with Gasteiger partial charge in [0.2, 0.25) is 0 Å². The molecule has 5 heteroatoms. The number of rotatable bonds is 5. The van der Waals surface area contributed by atoms with E-state index in [9.17, 15) is 4.79 Å². The van der Waals surface area contributed by atoms with Gasteiger partial charge in [0, 0.05) is 17.8 Å². The summed E-state index contributed by atoms with van der Waals surface area (Å²) < 4.78 is 10.7. The molecule has 0 radical (unpaired) electrons. The maximum atomic E-state index is 12.5. The Labute approximate surface area is 140 Å². The second kappa shape index (κ2) is 6.35. The number of hydrogen-bond donors (Lipinski definition) is 1. The summed E-state index contributed by atoms with van der Waals surface area (Å²) >= 11 is 0. The van der Waals surface area contributed by atoms with Gasteiger partial charge in [-0.1, -0.05) is 12.1 Å². The first-order valence-corrected chi connectivity index (χ1v) is 7.77. The third kappa shape index (κ3) is 3.56. The van der Waals surface area contributed by atoms with Crippen LogP contribution in [0.4, 0.5) is 0 Å². The predicted octanol–water partition coefficient (Wildman–Crippen LogP) is 3.59. The van der Waals surface area contributed by atoms with Gasteiger partial charge in [-0.05, 0) is 50.1 Å². The van der Waals surface area contributed by atoms with Crippen molar-refractivity contribution in [3.8, 4) is 5.75 Å². The molecule has 1 amide bonds. The number of aromatic nitrogens is 1. The number of nitrogens with one attached hydrogen (secondary N) is 1. The van der Waals surface area contributed by atoms with Gasteiger partial charge in [-0.25, -0.2) is 0 Å². The lowest BCUT2D eigenvalue weighted by Crippen LogP contribution is -2.45. The minimum atomic E-state index is -0.419. The monoisotopic (exact) mass is 324 g/mol. The molecule has 0 saturated heterocycles. The van der Waals surface area contributed by atoms with E-state index in [0.717, 1.165) is 11.3 Å². The molecule has 0 unspecified atom stereocenters. The van der Waals surface area contributed by atoms with Gasteiger partial charge in [0.1, 0.15) is 11.3 Å². The molecule has 3 aromatic rings. The van der Waals surface area contributed by atoms with Gasteiger partial charge < -0.3 is 14.5 Å². The molecule has 24 heavy (non-hydrogen) atoms. The van der Waals surface area contributed by atoms with E-state index in [2.05, 4.69) is 10.3 Å². The van der Waals surface area contributed by atoms with Gasteiger partial charge in [-0.2, -0.15) is 0 Å². The van der Waals surface area contributed by atoms with Crippen LogP contribution in [-0.4, -0.2) is 23.5 Å². The van der Waals surface area contributed by atoms with E-state index < -0.39 is 5.54 Å². The van der Waals surface area contributed by atoms with Crippen molar-refractivity contribution in [1.29, 1.82) is 0 Å². The van der Waals surface area contributed by atoms with Crippen molar-refractivity contribution in [2.75, 3.05) is 7.11 Å². The molecule has 0 spiro atoms. The van der Waals surface area contributed by atoms with Crippen LogP contribution in [-0.2, 0) is 6.42 Å². The van der Waals surface area contributed by atoms with Crippen LogP contribution in [0, 0.1) is 0 Å². The zero-order valence-electron chi connectivity index (χ0n) is 14.0. The number of nitrogens with zero attached hydrogens (tertiary/aromatic N) is 1. The first kappa shape index (κ1) is 16.1. The summed E-state index contributed by atoms with van der Waals surface area (Å²) in [6, 6.07) is 13.1. The first-order valence-electron chi connectivity index (χ1n) is 7.77. The van der Waals surface area contributed by atoms with Gasteiger partial charge in [0.05, 0.1) is 7.11 Å². The largest absolute Gasteiger partial charge is 0.497 e. The molecule has 2 aromatic heterocycles. The lowest BCUT2D eigenvalue weighted by Gasteiger charge is -2.26. The van der Waals surface area contributed by atoms with E-state index in [-0.39, 0.29) is 11.7 Å². The number of carbonyl (C=O) groups excluding carboxylic acids is 1. The summed E-state index contributed by atoms with van der Waals surface area (Å²) in [6.45, 7) is 3.96. The topological polar surface area (TPSA) is 64.4 Å². The standard InChI is InChI=1S/C19H20N2O3/c1-19(2,12-13-6-8-14(23-3)9-7-13)21-18(22)17-11-15-16(24-17)5-4-10-20-15/h4-11H,12H2,1-3H3,(H,21,22). The highest BCUT2D eigenvalue weighted by atomic mass is 16.5. The Bertz CT molecular complexity index is 817. The first-order chi connectivity index (χ1) is 11.5. The normalized spacial score (nSPS) is 11.5. The molecule has 3 rings (SSSR count). The van der Waals surface area contributed by atoms with Crippen LogP contribution in [0.25, 0.3) is 11.1 Å². The van der Waals surface area contributed by atoms with E-state index in [1.807, 2.05) is 38.1 Å². The quantitative estimate of drug-likeness (QED) is 0.779. The average molecular weight is 324 g/mol. The molecule has 1 N–H and O–H groups in total. The Morgan fingerprint density at radius 1 is 1.25 bits per heavy atom. The number of fused-ring (bicyclic) bond motifs is 1. The van der Waals surface area contributed by atoms with Gasteiger partial charge in [0.25, 0.3) is 5.91 Å². The van der Waals surface area contributed by atoms with Crippen molar-refractivity contribution in [2.45, 2.75) is 25.8 Å². The highest BCUT2D eigenvalue weighted by molar-refractivity contribution is 5.95. The number of benzene rings is 1. The maximum Gasteiger partial charge on any atom is 0.287 e. The fourth-order valence-electron chi connectivity index (χ4n) is 2.65. The van der Waals surface area contributed by atoms with Crippen LogP contribution >= 0.6 is 0 Å². The predicted molar refractivity (Wildman–Crippen MR) is 92.3 cm³/mol. The van der Waals surface area contributed by atoms with Gasteiger partial charge in [0.15, 0.2) is 11.3 Å². The Kier molecular flexibility index (Phi) is 4.25. The van der Waals surface area contributed by atoms with Crippen molar-refractivity contribution < 1.29 is 13.9 Å². The van der Waals surface area contributed by atoms with Gasteiger partial charge >= 0.3 is 0 Å². The molecule has 1 aromatic carbocycles. The lowest BCUT2D eigenvalue weighted by molar-refractivity contribution is 0.0886. The molecule has 0 fully saturated rings. The molecular weight excluding hydrogens is 304 g/mol. The third-order valence-corrected chi connectivity index (χ3v) is 3.77. The molecule has 5 nitrogen and oxygen atoms in total. The van der Waals surface area contributed by atoms with Crippen molar-refractivity contribution >= 4 is 17.0 Å². The smallest absolute Gasteiger partial charge is 0.287 e. The van der Waals surface area contributed by atoms with Crippen molar-refractivity contribution in [2.24, 2.45) is 0 Å². The zero-order valence-corrected chi connectivity index (χ0v) is 14.0. The van der Waals surface area contributed by atoms with Crippen LogP contribution in [0.2, 0.25) is 0 Å². The van der Waals surface area contributed by atoms with Crippen LogP contribution < -0.4 is 10.1 Å². The van der Waals surface area contributed by atoms with Crippen LogP contribution in [0.3, 0.4) is 0 Å². The third-order valence-electron chi connectivity index (χ3n) is 3.77. The minimum Gasteiger partial charge on any atom is -0.497 e. The molecular formula is C19H20N2O3. The summed E-state index contributed by atoms with van der Waals surface area (Å²) in [4.78, 5) is 16.6. The molecule has 0 aliphatic rings. The fraction of sp³-hybridized carbons (Fsp3) is 0.263. The summed E-state index contributed by atoms with van der Waals surface area (Å²) in [5, 5.41) is 3.02. The van der Waals surface area contributed by atoms with Gasteiger partial charge in [-0.3, -0.25) is 9.78 Å². The van der Waals surface area contributed by atoms with E-state index in [1.54, 1.807) is 31.5 Å². The number of pyridine rings is 1. The molecule has 2 heterocycles. The van der Waals surface area contributed by atoms with E-state index in [0.29, 0.717) is 17.5 Å². The van der Waals surface area contributed by atoms with E-state index in [1.165, 1.54) is 0 Å². The Balaban J connectivity index is 1.71. The summed E-state index contributed by atoms with van der Waals surface area (Å²) in [7, 11) is 1.64. The highest BCUT2D eigenvalue weighted by Crippen LogP contribution is 2.20. The number of furan rings is 1. The van der Waals surface area contributed by atoms with Crippen LogP contribution in [0.5, 0.6) is 5.75 Å². The summed E-state index contributed by atoms with van der Waals surface area (Å²) in [5.41, 5.74) is 1.98. The van der Waals surface area contributed by atoms with Crippen molar-refractivity contribution in [3.05, 3.63) is 60.0 Å². The molecule has 0 atom stereocenters. The Morgan fingerprint density at radius 2 is 2.00 bits per heavy atom.